The van der Waals surface area contributed by atoms with Gasteiger partial charge >= 0.3 is 0 Å². The Morgan fingerprint density at radius 3 is 2.43 bits per heavy atom. The molecular formula is C21H28ClNO4S. The van der Waals surface area contributed by atoms with Crippen LogP contribution in [0.1, 0.15) is 44.9 Å². The zero-order chi connectivity index (χ0) is 19.4. The fraction of sp³-hybridized carbons (Fsp3) is 0.714. The highest BCUT2D eigenvalue weighted by Crippen LogP contribution is 2.56. The monoisotopic (exact) mass is 425 g/mol. The molecule has 0 aromatic heterocycles. The standard InChI is InChI=1S/C21H28ClNO4S/c22-18-1-2-19(27-13-14-3-4-26-12-14)20(8-18)28(24,25)23-21-9-15-5-16(10-21)7-17(6-15)11-21/h1-2,8,14-17,23H,3-7,9-13H2. The Hall–Kier alpha value is -0.820. The van der Waals surface area contributed by atoms with Crippen LogP contribution in [0.5, 0.6) is 5.75 Å². The van der Waals surface area contributed by atoms with Crippen LogP contribution < -0.4 is 9.46 Å². The minimum Gasteiger partial charge on any atom is -0.492 e. The number of hydrogen-bond donors (Lipinski definition) is 1. The molecule has 1 aromatic rings. The first-order valence-electron chi connectivity index (χ1n) is 10.4. The number of ether oxygens (including phenoxy) is 2. The molecule has 1 saturated heterocycles. The number of rotatable bonds is 6. The first-order chi connectivity index (χ1) is 13.4. The molecule has 4 aliphatic carbocycles. The maximum Gasteiger partial charge on any atom is 0.244 e. The van der Waals surface area contributed by atoms with Gasteiger partial charge in [0.1, 0.15) is 10.6 Å². The Labute approximate surface area is 172 Å². The van der Waals surface area contributed by atoms with Crippen LogP contribution in [0.2, 0.25) is 5.02 Å². The van der Waals surface area contributed by atoms with Crippen LogP contribution >= 0.6 is 11.6 Å². The Kier molecular flexibility index (Phi) is 4.89. The van der Waals surface area contributed by atoms with Crippen molar-refractivity contribution in [3.05, 3.63) is 23.2 Å². The maximum atomic E-state index is 13.4. The Balaban J connectivity index is 1.39. The first kappa shape index (κ1) is 19.2. The third-order valence-corrected chi connectivity index (χ3v) is 8.92. The van der Waals surface area contributed by atoms with Crippen molar-refractivity contribution in [2.75, 3.05) is 19.8 Å². The van der Waals surface area contributed by atoms with Gasteiger partial charge in [0.15, 0.2) is 0 Å². The summed E-state index contributed by atoms with van der Waals surface area (Å²) in [6, 6.07) is 4.88. The van der Waals surface area contributed by atoms with Crippen LogP contribution in [0.15, 0.2) is 23.1 Å². The van der Waals surface area contributed by atoms with E-state index in [2.05, 4.69) is 4.72 Å². The van der Waals surface area contributed by atoms with Crippen LogP contribution in [0, 0.1) is 23.7 Å². The zero-order valence-electron chi connectivity index (χ0n) is 16.0. The molecular weight excluding hydrogens is 398 g/mol. The van der Waals surface area contributed by atoms with Crippen molar-refractivity contribution in [3.63, 3.8) is 0 Å². The van der Waals surface area contributed by atoms with E-state index < -0.39 is 10.0 Å². The van der Waals surface area contributed by atoms with Crippen LogP contribution in [-0.2, 0) is 14.8 Å². The van der Waals surface area contributed by atoms with Crippen molar-refractivity contribution >= 4 is 21.6 Å². The molecule has 1 aromatic carbocycles. The van der Waals surface area contributed by atoms with Crippen molar-refractivity contribution < 1.29 is 17.9 Å². The van der Waals surface area contributed by atoms with E-state index in [-0.39, 0.29) is 10.4 Å². The van der Waals surface area contributed by atoms with Gasteiger partial charge in [-0.25, -0.2) is 13.1 Å². The zero-order valence-corrected chi connectivity index (χ0v) is 17.6. The Morgan fingerprint density at radius 1 is 1.14 bits per heavy atom. The third kappa shape index (κ3) is 3.69. The predicted octanol–water partition coefficient (Wildman–Crippen LogP) is 4.00. The van der Waals surface area contributed by atoms with E-state index in [1.54, 1.807) is 12.1 Å². The second-order valence-corrected chi connectivity index (χ2v) is 11.5. The second-order valence-electron chi connectivity index (χ2n) is 9.44. The molecule has 4 bridgehead atoms. The van der Waals surface area contributed by atoms with E-state index in [0.29, 0.717) is 47.7 Å². The van der Waals surface area contributed by atoms with Gasteiger partial charge < -0.3 is 9.47 Å². The average molecular weight is 426 g/mol. The molecule has 0 radical (unpaired) electrons. The second kappa shape index (κ2) is 7.15. The minimum atomic E-state index is -3.71. The number of sulfonamides is 1. The van der Waals surface area contributed by atoms with Crippen LogP contribution in [0.3, 0.4) is 0 Å². The molecule has 154 valence electrons. The molecule has 5 fully saturated rings. The molecule has 5 nitrogen and oxygen atoms in total. The smallest absolute Gasteiger partial charge is 0.244 e. The normalized spacial score (nSPS) is 36.8. The highest BCUT2D eigenvalue weighted by Gasteiger charge is 2.52. The highest BCUT2D eigenvalue weighted by molar-refractivity contribution is 7.89. The quantitative estimate of drug-likeness (QED) is 0.748. The van der Waals surface area contributed by atoms with Gasteiger partial charge in [0.05, 0.1) is 13.2 Å². The summed E-state index contributed by atoms with van der Waals surface area (Å²) in [5.74, 6) is 2.71. The summed E-state index contributed by atoms with van der Waals surface area (Å²) < 4.78 is 41.3. The molecule has 1 atom stereocenters. The van der Waals surface area contributed by atoms with Crippen LogP contribution in [0.4, 0.5) is 0 Å². The SMILES string of the molecule is O=S(=O)(NC12CC3CC(CC(C3)C1)C2)c1cc(Cl)ccc1OCC1CCOC1. The summed E-state index contributed by atoms with van der Waals surface area (Å²) in [7, 11) is -3.71. The molecule has 4 saturated carbocycles. The summed E-state index contributed by atoms with van der Waals surface area (Å²) in [5.41, 5.74) is -0.285. The molecule has 1 aliphatic heterocycles. The van der Waals surface area contributed by atoms with Gasteiger partial charge in [0.25, 0.3) is 0 Å². The van der Waals surface area contributed by atoms with E-state index in [1.165, 1.54) is 25.3 Å². The van der Waals surface area contributed by atoms with E-state index in [4.69, 9.17) is 21.1 Å². The van der Waals surface area contributed by atoms with E-state index in [1.807, 2.05) is 0 Å². The van der Waals surface area contributed by atoms with Crippen molar-refractivity contribution in [2.45, 2.75) is 55.4 Å². The number of hydrogen-bond acceptors (Lipinski definition) is 4. The molecule has 0 amide bonds. The summed E-state index contributed by atoms with van der Waals surface area (Å²) in [6.45, 7) is 1.87. The summed E-state index contributed by atoms with van der Waals surface area (Å²) >= 11 is 6.16. The molecule has 6 rings (SSSR count). The Morgan fingerprint density at radius 2 is 1.82 bits per heavy atom. The molecule has 1 N–H and O–H groups in total. The van der Waals surface area contributed by atoms with E-state index >= 15 is 0 Å². The van der Waals surface area contributed by atoms with Gasteiger partial charge in [-0.3, -0.25) is 0 Å². The van der Waals surface area contributed by atoms with Gasteiger partial charge in [0.2, 0.25) is 10.0 Å². The first-order valence-corrected chi connectivity index (χ1v) is 12.3. The maximum absolute atomic E-state index is 13.4. The topological polar surface area (TPSA) is 64.6 Å². The minimum absolute atomic E-state index is 0.162. The molecule has 5 aliphatic rings. The molecule has 28 heavy (non-hydrogen) atoms. The van der Waals surface area contributed by atoms with E-state index in [9.17, 15) is 8.42 Å². The fourth-order valence-electron chi connectivity index (χ4n) is 6.31. The van der Waals surface area contributed by atoms with E-state index in [0.717, 1.165) is 32.3 Å². The van der Waals surface area contributed by atoms with Crippen LogP contribution in [0.25, 0.3) is 0 Å². The van der Waals surface area contributed by atoms with Crippen molar-refractivity contribution in [2.24, 2.45) is 23.7 Å². The lowest BCUT2D eigenvalue weighted by Crippen LogP contribution is -2.59. The highest BCUT2D eigenvalue weighted by atomic mass is 35.5. The van der Waals surface area contributed by atoms with Gasteiger partial charge in [-0.1, -0.05) is 11.6 Å². The largest absolute Gasteiger partial charge is 0.492 e. The lowest BCUT2D eigenvalue weighted by molar-refractivity contribution is -0.00811. The lowest BCUT2D eigenvalue weighted by atomic mass is 9.53. The van der Waals surface area contributed by atoms with Crippen LogP contribution in [-0.4, -0.2) is 33.8 Å². The number of nitrogens with one attached hydrogen (secondary N) is 1. The van der Waals surface area contributed by atoms with Crippen molar-refractivity contribution in [1.29, 1.82) is 0 Å². The lowest BCUT2D eigenvalue weighted by Gasteiger charge is -2.56. The number of benzene rings is 1. The molecule has 7 heteroatoms. The third-order valence-electron chi connectivity index (χ3n) is 7.08. The van der Waals surface area contributed by atoms with Crippen molar-refractivity contribution in [3.8, 4) is 5.75 Å². The summed E-state index contributed by atoms with van der Waals surface area (Å²) in [4.78, 5) is 0.162. The van der Waals surface area contributed by atoms with Gasteiger partial charge in [-0.15, -0.1) is 0 Å². The average Bonchev–Trinajstić information content (AvgIpc) is 3.12. The molecule has 1 heterocycles. The Bertz CT molecular complexity index is 815. The fourth-order valence-corrected chi connectivity index (χ4v) is 8.15. The van der Waals surface area contributed by atoms with Crippen molar-refractivity contribution in [1.82, 2.24) is 4.72 Å². The summed E-state index contributed by atoms with van der Waals surface area (Å²) in [6.07, 6.45) is 7.67. The molecule has 0 spiro atoms. The van der Waals surface area contributed by atoms with Gasteiger partial charge in [0, 0.05) is 23.1 Å². The van der Waals surface area contributed by atoms with Gasteiger partial charge in [-0.2, -0.15) is 0 Å². The molecule has 1 unspecified atom stereocenters. The van der Waals surface area contributed by atoms with Gasteiger partial charge in [-0.05, 0) is 80.9 Å². The predicted molar refractivity (Wildman–Crippen MR) is 107 cm³/mol. The number of halogens is 1. The summed E-state index contributed by atoms with van der Waals surface area (Å²) in [5, 5.41) is 0.405.